The first kappa shape index (κ1) is 24.1. The van der Waals surface area contributed by atoms with Crippen LogP contribution in [0.5, 0.6) is 11.5 Å². The highest BCUT2D eigenvalue weighted by molar-refractivity contribution is 5.89. The molecule has 2 amide bonds. The van der Waals surface area contributed by atoms with Crippen LogP contribution in [0.2, 0.25) is 0 Å². The quantitative estimate of drug-likeness (QED) is 0.552. The van der Waals surface area contributed by atoms with E-state index in [0.717, 1.165) is 15.7 Å². The van der Waals surface area contributed by atoms with Crippen molar-refractivity contribution in [3.8, 4) is 11.5 Å². The Hall–Kier alpha value is -4.02. The van der Waals surface area contributed by atoms with Crippen LogP contribution in [0.25, 0.3) is 17.1 Å². The van der Waals surface area contributed by atoms with E-state index in [0.29, 0.717) is 17.0 Å². The molecule has 1 aliphatic rings. The number of carbonyl (C=O) groups is 2. The Morgan fingerprint density at radius 2 is 1.86 bits per heavy atom. The van der Waals surface area contributed by atoms with Gasteiger partial charge in [-0.15, -0.1) is 0 Å². The number of benzene rings is 2. The molecule has 1 N–H and O–H groups in total. The minimum absolute atomic E-state index is 0.0476. The van der Waals surface area contributed by atoms with Crippen molar-refractivity contribution in [2.45, 2.75) is 19.1 Å². The van der Waals surface area contributed by atoms with Crippen molar-refractivity contribution in [2.75, 3.05) is 27.3 Å². The van der Waals surface area contributed by atoms with Gasteiger partial charge in [-0.1, -0.05) is 12.1 Å². The third-order valence-electron chi connectivity index (χ3n) is 5.62. The van der Waals surface area contributed by atoms with Gasteiger partial charge in [0.15, 0.2) is 11.5 Å². The van der Waals surface area contributed by atoms with Gasteiger partial charge in [-0.25, -0.2) is 4.98 Å². The van der Waals surface area contributed by atoms with Crippen LogP contribution in [-0.2, 0) is 28.7 Å². The Morgan fingerprint density at radius 1 is 1.14 bits per heavy atom. The SMILES string of the molecule is COc1cc2c(cc1OC)CC(=O)N(CC(=O)NCCn1c(C(F)(F)F)nc3ccccc31)C=C2. The molecule has 1 aromatic heterocycles. The zero-order valence-electron chi connectivity index (χ0n) is 19.1. The van der Waals surface area contributed by atoms with Crippen molar-refractivity contribution >= 4 is 28.9 Å². The van der Waals surface area contributed by atoms with Gasteiger partial charge in [0.1, 0.15) is 6.54 Å². The van der Waals surface area contributed by atoms with Crippen LogP contribution in [0, 0.1) is 0 Å². The molecule has 2 heterocycles. The van der Waals surface area contributed by atoms with Crippen LogP contribution in [0.4, 0.5) is 13.2 Å². The van der Waals surface area contributed by atoms with Crippen LogP contribution < -0.4 is 14.8 Å². The molecule has 35 heavy (non-hydrogen) atoms. The first-order valence-corrected chi connectivity index (χ1v) is 10.7. The van der Waals surface area contributed by atoms with E-state index in [4.69, 9.17) is 9.47 Å². The predicted molar refractivity (Wildman–Crippen MR) is 122 cm³/mol. The van der Waals surface area contributed by atoms with E-state index in [1.165, 1.54) is 31.4 Å². The molecular formula is C24H23F3N4O4. The van der Waals surface area contributed by atoms with Crippen LogP contribution in [0.3, 0.4) is 0 Å². The number of ether oxygens (including phenoxy) is 2. The van der Waals surface area contributed by atoms with Crippen molar-refractivity contribution < 1.29 is 32.2 Å². The van der Waals surface area contributed by atoms with Crippen molar-refractivity contribution in [1.29, 1.82) is 0 Å². The van der Waals surface area contributed by atoms with Crippen molar-refractivity contribution in [3.63, 3.8) is 0 Å². The molecular weight excluding hydrogens is 465 g/mol. The lowest BCUT2D eigenvalue weighted by molar-refractivity contribution is -0.146. The summed E-state index contributed by atoms with van der Waals surface area (Å²) in [6.45, 7) is -0.465. The summed E-state index contributed by atoms with van der Waals surface area (Å²) in [5, 5.41) is 2.59. The lowest BCUT2D eigenvalue weighted by Gasteiger charge is -2.17. The normalized spacial score (nSPS) is 13.5. The number of halogens is 3. The fraction of sp³-hybridized carbons (Fsp3) is 0.292. The molecule has 0 saturated heterocycles. The average molecular weight is 488 g/mol. The highest BCUT2D eigenvalue weighted by Gasteiger charge is 2.37. The third-order valence-corrected chi connectivity index (χ3v) is 5.62. The molecule has 0 aliphatic carbocycles. The van der Waals surface area contributed by atoms with Crippen LogP contribution in [0.15, 0.2) is 42.6 Å². The predicted octanol–water partition coefficient (Wildman–Crippen LogP) is 3.24. The Labute approximate surface area is 198 Å². The molecule has 0 fully saturated rings. The number of hydrogen-bond acceptors (Lipinski definition) is 5. The van der Waals surface area contributed by atoms with Gasteiger partial charge in [-0.05, 0) is 41.5 Å². The molecule has 0 radical (unpaired) electrons. The van der Waals surface area contributed by atoms with E-state index in [-0.39, 0.29) is 37.5 Å². The van der Waals surface area contributed by atoms with Gasteiger partial charge in [0, 0.05) is 19.3 Å². The zero-order valence-corrected chi connectivity index (χ0v) is 19.1. The van der Waals surface area contributed by atoms with Crippen LogP contribution in [0.1, 0.15) is 17.0 Å². The highest BCUT2D eigenvalue weighted by Crippen LogP contribution is 2.33. The second kappa shape index (κ2) is 9.69. The standard InChI is InChI=1S/C24H23F3N4O4/c1-34-19-11-15-7-9-30(22(33)13-16(15)12-20(19)35-2)14-21(32)28-8-10-31-18-6-4-3-5-17(18)29-23(31)24(25,26)27/h3-7,9,11-12H,8,10,13-14H2,1-2H3,(H,28,32). The monoisotopic (exact) mass is 488 g/mol. The molecule has 8 nitrogen and oxygen atoms in total. The van der Waals surface area contributed by atoms with E-state index in [9.17, 15) is 22.8 Å². The van der Waals surface area contributed by atoms with E-state index in [1.54, 1.807) is 36.4 Å². The first-order valence-electron chi connectivity index (χ1n) is 10.7. The van der Waals surface area contributed by atoms with E-state index >= 15 is 0 Å². The molecule has 0 unspecified atom stereocenters. The highest BCUT2D eigenvalue weighted by atomic mass is 19.4. The third kappa shape index (κ3) is 5.08. The maximum Gasteiger partial charge on any atom is 0.449 e. The Morgan fingerprint density at radius 3 is 2.57 bits per heavy atom. The number of alkyl halides is 3. The molecule has 0 bridgehead atoms. The maximum atomic E-state index is 13.4. The lowest BCUT2D eigenvalue weighted by Crippen LogP contribution is -2.39. The van der Waals surface area contributed by atoms with Gasteiger partial charge < -0.3 is 24.3 Å². The topological polar surface area (TPSA) is 85.7 Å². The van der Waals surface area contributed by atoms with Gasteiger partial charge in [0.05, 0.1) is 31.7 Å². The molecule has 0 spiro atoms. The number of nitrogens with one attached hydrogen (secondary N) is 1. The summed E-state index contributed by atoms with van der Waals surface area (Å²) in [5.41, 5.74) is 2.02. The minimum atomic E-state index is -4.63. The second-order valence-corrected chi connectivity index (χ2v) is 7.84. The molecule has 2 aromatic carbocycles. The summed E-state index contributed by atoms with van der Waals surface area (Å²) in [6, 6.07) is 9.74. The van der Waals surface area contributed by atoms with Gasteiger partial charge in [-0.3, -0.25) is 9.59 Å². The number of amides is 2. The molecule has 1 aliphatic heterocycles. The summed E-state index contributed by atoms with van der Waals surface area (Å²) >= 11 is 0. The smallest absolute Gasteiger partial charge is 0.449 e. The molecule has 11 heteroatoms. The van der Waals surface area contributed by atoms with Gasteiger partial charge in [-0.2, -0.15) is 13.2 Å². The number of nitrogens with zero attached hydrogens (tertiary/aromatic N) is 3. The Kier molecular flexibility index (Phi) is 6.68. The van der Waals surface area contributed by atoms with E-state index in [2.05, 4.69) is 10.3 Å². The molecule has 0 saturated carbocycles. The van der Waals surface area contributed by atoms with E-state index < -0.39 is 17.9 Å². The van der Waals surface area contributed by atoms with Crippen molar-refractivity contribution in [3.05, 3.63) is 59.5 Å². The zero-order chi connectivity index (χ0) is 25.2. The second-order valence-electron chi connectivity index (χ2n) is 7.84. The lowest BCUT2D eigenvalue weighted by atomic mass is 10.0. The summed E-state index contributed by atoms with van der Waals surface area (Å²) in [5.74, 6) is -0.824. The van der Waals surface area contributed by atoms with E-state index in [1.807, 2.05) is 0 Å². The molecule has 3 aromatic rings. The molecule has 4 rings (SSSR count). The fourth-order valence-corrected chi connectivity index (χ4v) is 3.94. The van der Waals surface area contributed by atoms with Crippen molar-refractivity contribution in [1.82, 2.24) is 19.8 Å². The number of hydrogen-bond donors (Lipinski definition) is 1. The largest absolute Gasteiger partial charge is 0.493 e. The number of aromatic nitrogens is 2. The number of methoxy groups -OCH3 is 2. The van der Waals surface area contributed by atoms with Gasteiger partial charge >= 0.3 is 6.18 Å². The van der Waals surface area contributed by atoms with Crippen molar-refractivity contribution in [2.24, 2.45) is 0 Å². The van der Waals surface area contributed by atoms with Crippen LogP contribution >= 0.6 is 0 Å². The Balaban J connectivity index is 1.41. The number of rotatable bonds is 7. The van der Waals surface area contributed by atoms with Crippen LogP contribution in [-0.4, -0.2) is 53.6 Å². The summed E-state index contributed by atoms with van der Waals surface area (Å²) in [4.78, 5) is 30.2. The number of imidazole rings is 1. The fourth-order valence-electron chi connectivity index (χ4n) is 3.94. The number of fused-ring (bicyclic) bond motifs is 2. The summed E-state index contributed by atoms with van der Waals surface area (Å²) < 4.78 is 51.9. The summed E-state index contributed by atoms with van der Waals surface area (Å²) in [6.07, 6.45) is -1.38. The number of para-hydroxylation sites is 2. The first-order chi connectivity index (χ1) is 16.7. The average Bonchev–Trinajstić information content (AvgIpc) is 3.13. The number of carbonyl (C=O) groups excluding carboxylic acids is 2. The molecule has 0 atom stereocenters. The maximum absolute atomic E-state index is 13.4. The van der Waals surface area contributed by atoms with Gasteiger partial charge in [0.2, 0.25) is 17.6 Å². The van der Waals surface area contributed by atoms with Gasteiger partial charge in [0.25, 0.3) is 0 Å². The summed E-state index contributed by atoms with van der Waals surface area (Å²) in [7, 11) is 3.01. The Bertz CT molecular complexity index is 1300. The minimum Gasteiger partial charge on any atom is -0.493 e. The molecule has 184 valence electrons.